The van der Waals surface area contributed by atoms with Gasteiger partial charge in [-0.25, -0.2) is 0 Å². The Balaban J connectivity index is 3.01. The van der Waals surface area contributed by atoms with Crippen molar-refractivity contribution in [3.8, 4) is 5.75 Å². The third-order valence-corrected chi connectivity index (χ3v) is 2.44. The fourth-order valence-corrected chi connectivity index (χ4v) is 1.58. The third-order valence-electron chi connectivity index (χ3n) is 1.80. The molecular weight excluding hydrogens is 234 g/mol. The van der Waals surface area contributed by atoms with Crippen LogP contribution in [0.5, 0.6) is 5.75 Å². The normalized spacial score (nSPS) is 10.8. The second-order valence-electron chi connectivity index (χ2n) is 3.05. The highest BCUT2D eigenvalue weighted by Crippen LogP contribution is 2.27. The summed E-state index contributed by atoms with van der Waals surface area (Å²) in [6.45, 7) is 2.34. The van der Waals surface area contributed by atoms with Gasteiger partial charge in [0.15, 0.2) is 0 Å². The number of hydrogen-bond donors (Lipinski definition) is 2. The van der Waals surface area contributed by atoms with Gasteiger partial charge in [-0.15, -0.1) is 0 Å². The van der Waals surface area contributed by atoms with Crippen LogP contribution in [-0.2, 0) is 6.54 Å². The summed E-state index contributed by atoms with van der Waals surface area (Å²) in [4.78, 5) is 0. The molecule has 1 rings (SSSR count). The van der Waals surface area contributed by atoms with Gasteiger partial charge in [0.1, 0.15) is 5.75 Å². The first-order valence-corrected chi connectivity index (χ1v) is 4.68. The van der Waals surface area contributed by atoms with Gasteiger partial charge in [0.05, 0.1) is 4.47 Å². The van der Waals surface area contributed by atoms with Gasteiger partial charge in [0.25, 0.3) is 0 Å². The molecule has 0 radical (unpaired) electrons. The van der Waals surface area contributed by atoms with Crippen molar-refractivity contribution in [2.45, 2.75) is 13.5 Å². The van der Waals surface area contributed by atoms with Gasteiger partial charge >= 0.3 is 0 Å². The first-order valence-electron chi connectivity index (χ1n) is 3.88. The zero-order chi connectivity index (χ0) is 10.0. The van der Waals surface area contributed by atoms with Gasteiger partial charge in [-0.2, -0.15) is 5.06 Å². The second kappa shape index (κ2) is 4.09. The highest BCUT2D eigenvalue weighted by Gasteiger charge is 2.05. The number of nitrogens with zero attached hydrogens (tertiary/aromatic N) is 1. The number of aryl methyl sites for hydroxylation is 1. The van der Waals surface area contributed by atoms with Crippen LogP contribution in [-0.4, -0.2) is 22.4 Å². The molecule has 0 saturated heterocycles. The molecule has 0 spiro atoms. The highest BCUT2D eigenvalue weighted by molar-refractivity contribution is 9.10. The molecule has 72 valence electrons. The van der Waals surface area contributed by atoms with E-state index in [0.29, 0.717) is 11.0 Å². The molecule has 2 N–H and O–H groups in total. The summed E-state index contributed by atoms with van der Waals surface area (Å²) >= 11 is 3.22. The molecule has 13 heavy (non-hydrogen) atoms. The monoisotopic (exact) mass is 245 g/mol. The molecule has 0 aromatic heterocycles. The Kier molecular flexibility index (Phi) is 3.30. The molecule has 0 atom stereocenters. The van der Waals surface area contributed by atoms with Gasteiger partial charge in [0.2, 0.25) is 0 Å². The lowest BCUT2D eigenvalue weighted by Crippen LogP contribution is -2.12. The highest BCUT2D eigenvalue weighted by atomic mass is 79.9. The minimum Gasteiger partial charge on any atom is -0.507 e. The minimum absolute atomic E-state index is 0.197. The van der Waals surface area contributed by atoms with Gasteiger partial charge < -0.3 is 10.3 Å². The second-order valence-corrected chi connectivity index (χ2v) is 3.90. The zero-order valence-electron chi connectivity index (χ0n) is 7.58. The van der Waals surface area contributed by atoms with E-state index in [1.807, 2.05) is 13.0 Å². The summed E-state index contributed by atoms with van der Waals surface area (Å²) in [7, 11) is 1.57. The van der Waals surface area contributed by atoms with Crippen molar-refractivity contribution >= 4 is 15.9 Å². The van der Waals surface area contributed by atoms with Crippen LogP contribution in [0.1, 0.15) is 11.1 Å². The van der Waals surface area contributed by atoms with Crippen molar-refractivity contribution in [1.29, 1.82) is 0 Å². The smallest absolute Gasteiger partial charge is 0.130 e. The maximum Gasteiger partial charge on any atom is 0.130 e. The Morgan fingerprint density at radius 2 is 2.08 bits per heavy atom. The summed E-state index contributed by atoms with van der Waals surface area (Å²) in [5.41, 5.74) is 1.94. The molecule has 0 amide bonds. The molecule has 0 saturated carbocycles. The van der Waals surface area contributed by atoms with Crippen molar-refractivity contribution in [2.24, 2.45) is 0 Å². The summed E-state index contributed by atoms with van der Waals surface area (Å²) in [5.74, 6) is 0.197. The first-order chi connectivity index (χ1) is 6.00. The number of aromatic hydroxyl groups is 1. The average Bonchev–Trinajstić information content (AvgIpc) is 1.99. The molecule has 1 aromatic carbocycles. The number of hydrogen-bond acceptors (Lipinski definition) is 3. The van der Waals surface area contributed by atoms with E-state index in [4.69, 9.17) is 5.21 Å². The van der Waals surface area contributed by atoms with Gasteiger partial charge in [0, 0.05) is 13.6 Å². The molecule has 0 heterocycles. The third kappa shape index (κ3) is 2.69. The van der Waals surface area contributed by atoms with Crippen LogP contribution in [0, 0.1) is 6.92 Å². The van der Waals surface area contributed by atoms with E-state index < -0.39 is 0 Å². The molecule has 0 unspecified atom stereocenters. The molecule has 0 aliphatic rings. The Morgan fingerprint density at radius 1 is 1.46 bits per heavy atom. The van der Waals surface area contributed by atoms with E-state index in [-0.39, 0.29) is 5.75 Å². The Hall–Kier alpha value is -0.580. The number of benzene rings is 1. The minimum atomic E-state index is 0.197. The van der Waals surface area contributed by atoms with E-state index in [1.54, 1.807) is 13.1 Å². The molecule has 3 nitrogen and oxygen atoms in total. The lowest BCUT2D eigenvalue weighted by atomic mass is 10.1. The van der Waals surface area contributed by atoms with E-state index in [9.17, 15) is 5.11 Å². The zero-order valence-corrected chi connectivity index (χ0v) is 9.17. The van der Waals surface area contributed by atoms with Crippen LogP contribution in [0.3, 0.4) is 0 Å². The number of phenolic OH excluding ortho intramolecular Hbond substituents is 1. The molecule has 0 bridgehead atoms. The average molecular weight is 246 g/mol. The van der Waals surface area contributed by atoms with Crippen molar-refractivity contribution in [3.05, 3.63) is 27.7 Å². The van der Waals surface area contributed by atoms with Crippen molar-refractivity contribution in [2.75, 3.05) is 7.05 Å². The molecule has 0 aliphatic heterocycles. The lowest BCUT2D eigenvalue weighted by molar-refractivity contribution is -0.0733. The lowest BCUT2D eigenvalue weighted by Gasteiger charge is -2.11. The van der Waals surface area contributed by atoms with Crippen LogP contribution in [0.2, 0.25) is 0 Å². The molecule has 4 heteroatoms. The maximum atomic E-state index is 9.39. The van der Waals surface area contributed by atoms with Gasteiger partial charge in [-0.1, -0.05) is 0 Å². The number of halogens is 1. The van der Waals surface area contributed by atoms with E-state index in [1.165, 1.54) is 0 Å². The Bertz CT molecular complexity index is 313. The largest absolute Gasteiger partial charge is 0.507 e. The Morgan fingerprint density at radius 3 is 2.62 bits per heavy atom. The van der Waals surface area contributed by atoms with Crippen LogP contribution in [0.4, 0.5) is 0 Å². The standard InChI is InChI=1S/C9H12BrNO2/c1-6-3-8(10)9(12)4-7(6)5-11(2)13/h3-4,12-13H,5H2,1-2H3. The summed E-state index contributed by atoms with van der Waals surface area (Å²) in [6.07, 6.45) is 0. The van der Waals surface area contributed by atoms with Crippen LogP contribution in [0.15, 0.2) is 16.6 Å². The van der Waals surface area contributed by atoms with E-state index in [2.05, 4.69) is 15.9 Å². The van der Waals surface area contributed by atoms with Crippen molar-refractivity contribution in [1.82, 2.24) is 5.06 Å². The molecule has 0 fully saturated rings. The topological polar surface area (TPSA) is 43.7 Å². The molecule has 1 aromatic rings. The molecule has 0 aliphatic carbocycles. The van der Waals surface area contributed by atoms with Gasteiger partial charge in [-0.3, -0.25) is 0 Å². The number of hydroxylamine groups is 2. The fraction of sp³-hybridized carbons (Fsp3) is 0.333. The van der Waals surface area contributed by atoms with E-state index in [0.717, 1.165) is 16.2 Å². The van der Waals surface area contributed by atoms with Crippen molar-refractivity contribution < 1.29 is 10.3 Å². The van der Waals surface area contributed by atoms with Gasteiger partial charge in [-0.05, 0) is 46.1 Å². The quantitative estimate of drug-likeness (QED) is 0.787. The SMILES string of the molecule is Cc1cc(Br)c(O)cc1CN(C)O. The summed E-state index contributed by atoms with van der Waals surface area (Å²) in [5, 5.41) is 19.5. The Labute approximate surface area is 85.7 Å². The molecular formula is C9H12BrNO2. The number of rotatable bonds is 2. The van der Waals surface area contributed by atoms with E-state index >= 15 is 0 Å². The fourth-order valence-electron chi connectivity index (χ4n) is 1.12. The summed E-state index contributed by atoms with van der Waals surface area (Å²) < 4.78 is 0.675. The maximum absolute atomic E-state index is 9.39. The predicted octanol–water partition coefficient (Wildman–Crippen LogP) is 2.28. The van der Waals surface area contributed by atoms with Crippen LogP contribution >= 0.6 is 15.9 Å². The predicted molar refractivity (Wildman–Crippen MR) is 53.8 cm³/mol. The first kappa shape index (κ1) is 10.5. The van der Waals surface area contributed by atoms with Crippen LogP contribution in [0.25, 0.3) is 0 Å². The summed E-state index contributed by atoms with van der Waals surface area (Å²) in [6, 6.07) is 3.47. The number of phenols is 1. The van der Waals surface area contributed by atoms with Crippen molar-refractivity contribution in [3.63, 3.8) is 0 Å². The van der Waals surface area contributed by atoms with Crippen LogP contribution < -0.4 is 0 Å².